The van der Waals surface area contributed by atoms with E-state index in [1.165, 1.54) is 5.56 Å². The van der Waals surface area contributed by atoms with Crippen LogP contribution < -0.4 is 0 Å². The van der Waals surface area contributed by atoms with Crippen LogP contribution >= 0.6 is 0 Å². The van der Waals surface area contributed by atoms with Crippen molar-refractivity contribution in [2.24, 2.45) is 0 Å². The van der Waals surface area contributed by atoms with Crippen LogP contribution in [0.15, 0.2) is 60.7 Å². The van der Waals surface area contributed by atoms with Gasteiger partial charge in [-0.15, -0.1) is 0 Å². The molecule has 0 amide bonds. The van der Waals surface area contributed by atoms with E-state index in [-0.39, 0.29) is 11.8 Å². The van der Waals surface area contributed by atoms with Crippen molar-refractivity contribution in [1.82, 2.24) is 4.90 Å². The summed E-state index contributed by atoms with van der Waals surface area (Å²) < 4.78 is 0. The highest BCUT2D eigenvalue weighted by atomic mass is 16.1. The smallest absolute Gasteiger partial charge is 0.181 e. The Bertz CT molecular complexity index is 536. The van der Waals surface area contributed by atoms with Crippen molar-refractivity contribution < 1.29 is 4.79 Å². The number of carbonyl (C=O) groups is 1. The minimum Gasteiger partial charge on any atom is -0.292 e. The Balaban J connectivity index is 1.63. The summed E-state index contributed by atoms with van der Waals surface area (Å²) in [7, 11) is 0. The molecule has 0 radical (unpaired) electrons. The molecule has 1 aliphatic rings. The Labute approximate surface area is 107 Å². The van der Waals surface area contributed by atoms with Gasteiger partial charge in [0.05, 0.1) is 6.04 Å². The highest BCUT2D eigenvalue weighted by Gasteiger charge is 2.40. The van der Waals surface area contributed by atoms with Crippen molar-refractivity contribution in [3.63, 3.8) is 0 Å². The molecule has 2 unspecified atom stereocenters. The van der Waals surface area contributed by atoms with Crippen LogP contribution in [-0.2, 0) is 6.54 Å². The molecule has 0 spiro atoms. The van der Waals surface area contributed by atoms with Gasteiger partial charge in [0.1, 0.15) is 0 Å². The summed E-state index contributed by atoms with van der Waals surface area (Å²) in [6.07, 6.45) is 0. The lowest BCUT2D eigenvalue weighted by molar-refractivity contribution is 0.0974. The van der Waals surface area contributed by atoms with Gasteiger partial charge >= 0.3 is 0 Å². The van der Waals surface area contributed by atoms with Crippen molar-refractivity contribution in [1.29, 1.82) is 0 Å². The zero-order chi connectivity index (χ0) is 12.4. The average molecular weight is 237 g/mol. The van der Waals surface area contributed by atoms with E-state index in [1.54, 1.807) is 0 Å². The minimum absolute atomic E-state index is 0.0765. The molecule has 0 saturated carbocycles. The Kier molecular flexibility index (Phi) is 2.95. The third kappa shape index (κ3) is 2.34. The first kappa shape index (κ1) is 11.2. The first-order valence-electron chi connectivity index (χ1n) is 6.22. The van der Waals surface area contributed by atoms with Crippen molar-refractivity contribution in [3.05, 3.63) is 71.8 Å². The lowest BCUT2D eigenvalue weighted by Gasteiger charge is -2.03. The predicted octanol–water partition coefficient (Wildman–Crippen LogP) is 2.75. The zero-order valence-corrected chi connectivity index (χ0v) is 10.1. The van der Waals surface area contributed by atoms with Gasteiger partial charge in [0, 0.05) is 18.7 Å². The van der Waals surface area contributed by atoms with E-state index in [4.69, 9.17) is 0 Å². The summed E-state index contributed by atoms with van der Waals surface area (Å²) in [4.78, 5) is 14.4. The normalized spacial score (nSPS) is 21.6. The van der Waals surface area contributed by atoms with E-state index < -0.39 is 0 Å². The molecule has 18 heavy (non-hydrogen) atoms. The maximum Gasteiger partial charge on any atom is 0.181 e. The summed E-state index contributed by atoms with van der Waals surface area (Å²) >= 11 is 0. The van der Waals surface area contributed by atoms with Gasteiger partial charge in [-0.2, -0.15) is 0 Å². The number of rotatable bonds is 4. The molecule has 2 nitrogen and oxygen atoms in total. The predicted molar refractivity (Wildman–Crippen MR) is 71.4 cm³/mol. The Morgan fingerprint density at radius 2 is 1.61 bits per heavy atom. The number of ketones is 1. The molecule has 0 aromatic heterocycles. The Morgan fingerprint density at radius 3 is 2.28 bits per heavy atom. The maximum atomic E-state index is 12.2. The summed E-state index contributed by atoms with van der Waals surface area (Å²) in [6, 6.07) is 19.9. The van der Waals surface area contributed by atoms with Gasteiger partial charge in [0.25, 0.3) is 0 Å². The number of benzene rings is 2. The molecule has 1 fully saturated rings. The fourth-order valence-corrected chi connectivity index (χ4v) is 2.21. The van der Waals surface area contributed by atoms with Crippen molar-refractivity contribution in [3.8, 4) is 0 Å². The van der Waals surface area contributed by atoms with Gasteiger partial charge in [0.15, 0.2) is 5.78 Å². The minimum atomic E-state index is 0.0765. The molecular weight excluding hydrogens is 222 g/mol. The third-order valence-corrected chi connectivity index (χ3v) is 3.30. The largest absolute Gasteiger partial charge is 0.292 e. The summed E-state index contributed by atoms with van der Waals surface area (Å²) in [5.41, 5.74) is 2.08. The van der Waals surface area contributed by atoms with Crippen LogP contribution in [0.1, 0.15) is 15.9 Å². The van der Waals surface area contributed by atoms with Crippen LogP contribution in [0.25, 0.3) is 0 Å². The molecule has 0 aliphatic carbocycles. The van der Waals surface area contributed by atoms with E-state index in [1.807, 2.05) is 48.5 Å². The topological polar surface area (TPSA) is 20.1 Å². The molecule has 2 aromatic carbocycles. The molecule has 90 valence electrons. The average Bonchev–Trinajstić information content (AvgIpc) is 3.19. The number of hydrogen-bond acceptors (Lipinski definition) is 2. The maximum absolute atomic E-state index is 12.2. The van der Waals surface area contributed by atoms with Crippen molar-refractivity contribution in [2.45, 2.75) is 12.6 Å². The van der Waals surface area contributed by atoms with E-state index in [2.05, 4.69) is 17.0 Å². The van der Waals surface area contributed by atoms with E-state index in [0.717, 1.165) is 18.7 Å². The lowest BCUT2D eigenvalue weighted by atomic mass is 10.1. The number of Topliss-reactive ketones (excluding diaryl/α,β-unsaturated/α-hetero) is 1. The Hall–Kier alpha value is -1.93. The monoisotopic (exact) mass is 237 g/mol. The lowest BCUT2D eigenvalue weighted by Crippen LogP contribution is -2.13. The van der Waals surface area contributed by atoms with Gasteiger partial charge < -0.3 is 0 Å². The van der Waals surface area contributed by atoms with Gasteiger partial charge in [-0.05, 0) is 5.56 Å². The molecule has 2 atom stereocenters. The summed E-state index contributed by atoms with van der Waals surface area (Å²) in [5.74, 6) is 0.242. The van der Waals surface area contributed by atoms with Crippen LogP contribution in [0, 0.1) is 0 Å². The molecule has 1 heterocycles. The molecule has 0 N–H and O–H groups in total. The molecule has 1 aliphatic heterocycles. The summed E-state index contributed by atoms with van der Waals surface area (Å²) in [5, 5.41) is 0. The number of nitrogens with zero attached hydrogens (tertiary/aromatic N) is 1. The highest BCUT2D eigenvalue weighted by Crippen LogP contribution is 2.24. The number of carbonyl (C=O) groups excluding carboxylic acids is 1. The van der Waals surface area contributed by atoms with Crippen LogP contribution in [0.5, 0.6) is 0 Å². The van der Waals surface area contributed by atoms with Crippen LogP contribution in [0.4, 0.5) is 0 Å². The molecule has 0 bridgehead atoms. The second-order valence-corrected chi connectivity index (χ2v) is 4.66. The fourth-order valence-electron chi connectivity index (χ4n) is 2.21. The second-order valence-electron chi connectivity index (χ2n) is 4.66. The number of hydrogen-bond donors (Lipinski definition) is 0. The molecular formula is C16H15NO. The molecule has 3 rings (SSSR count). The van der Waals surface area contributed by atoms with Crippen molar-refractivity contribution in [2.75, 3.05) is 6.54 Å². The van der Waals surface area contributed by atoms with Gasteiger partial charge in [0.2, 0.25) is 0 Å². The Morgan fingerprint density at radius 1 is 1.00 bits per heavy atom. The third-order valence-electron chi connectivity index (χ3n) is 3.30. The van der Waals surface area contributed by atoms with Crippen LogP contribution in [-0.4, -0.2) is 23.3 Å². The van der Waals surface area contributed by atoms with Gasteiger partial charge in [-0.25, -0.2) is 0 Å². The second kappa shape index (κ2) is 4.75. The van der Waals surface area contributed by atoms with Crippen molar-refractivity contribution >= 4 is 5.78 Å². The van der Waals surface area contributed by atoms with Crippen LogP contribution in [0.2, 0.25) is 0 Å². The molecule has 1 saturated heterocycles. The van der Waals surface area contributed by atoms with E-state index in [9.17, 15) is 4.79 Å². The molecule has 2 heteroatoms. The molecule has 2 aromatic rings. The van der Waals surface area contributed by atoms with E-state index >= 15 is 0 Å². The summed E-state index contributed by atoms with van der Waals surface area (Å²) in [6.45, 7) is 1.74. The SMILES string of the molecule is O=C(c1ccccc1)C1CN1Cc1ccccc1. The highest BCUT2D eigenvalue weighted by molar-refractivity contribution is 6.01. The first-order chi connectivity index (χ1) is 8.84. The van der Waals surface area contributed by atoms with Crippen LogP contribution in [0.3, 0.4) is 0 Å². The quantitative estimate of drug-likeness (QED) is 0.602. The fraction of sp³-hybridized carbons (Fsp3) is 0.188. The first-order valence-corrected chi connectivity index (χ1v) is 6.22. The van der Waals surface area contributed by atoms with Gasteiger partial charge in [-0.1, -0.05) is 60.7 Å². The van der Waals surface area contributed by atoms with E-state index in [0.29, 0.717) is 0 Å². The zero-order valence-electron chi connectivity index (χ0n) is 10.1. The van der Waals surface area contributed by atoms with Gasteiger partial charge in [-0.3, -0.25) is 9.69 Å². The standard InChI is InChI=1S/C16H15NO/c18-16(14-9-5-2-6-10-14)15-12-17(15)11-13-7-3-1-4-8-13/h1-10,15H,11-12H2.